The molecule has 114 valence electrons. The molecule has 0 bridgehead atoms. The minimum atomic E-state index is -0.191. The second-order valence-corrected chi connectivity index (χ2v) is 5.72. The van der Waals surface area contributed by atoms with Crippen molar-refractivity contribution in [3.05, 3.63) is 29.8 Å². The van der Waals surface area contributed by atoms with Crippen molar-refractivity contribution in [3.63, 3.8) is 0 Å². The Morgan fingerprint density at radius 1 is 1.29 bits per heavy atom. The first-order valence-corrected chi connectivity index (χ1v) is 7.16. The molecular formula is C16H22N2O3. The van der Waals surface area contributed by atoms with Gasteiger partial charge in [-0.1, -0.05) is 24.6 Å². The largest absolute Gasteiger partial charge is 0.469 e. The van der Waals surface area contributed by atoms with Gasteiger partial charge in [0.15, 0.2) is 0 Å². The van der Waals surface area contributed by atoms with Gasteiger partial charge in [0.25, 0.3) is 0 Å². The summed E-state index contributed by atoms with van der Waals surface area (Å²) in [5.41, 5.74) is 1.95. The number of nitrogens with zero attached hydrogens (tertiary/aromatic N) is 1. The number of benzene rings is 1. The molecule has 5 heteroatoms. The molecule has 1 amide bonds. The molecule has 1 fully saturated rings. The van der Waals surface area contributed by atoms with Gasteiger partial charge in [-0.15, -0.1) is 0 Å². The molecule has 5 nitrogen and oxygen atoms in total. The predicted molar refractivity (Wildman–Crippen MR) is 80.9 cm³/mol. The number of aryl methyl sites for hydroxylation is 1. The van der Waals surface area contributed by atoms with Gasteiger partial charge in [0.1, 0.15) is 0 Å². The van der Waals surface area contributed by atoms with Crippen LogP contribution in [0.2, 0.25) is 0 Å². The fourth-order valence-electron chi connectivity index (χ4n) is 2.69. The molecule has 1 aliphatic heterocycles. The first-order valence-electron chi connectivity index (χ1n) is 7.16. The van der Waals surface area contributed by atoms with E-state index >= 15 is 0 Å². The maximum Gasteiger partial charge on any atom is 0.310 e. The van der Waals surface area contributed by atoms with Crippen molar-refractivity contribution < 1.29 is 14.3 Å². The van der Waals surface area contributed by atoms with Crippen LogP contribution in [0.3, 0.4) is 0 Å². The van der Waals surface area contributed by atoms with Crippen LogP contribution in [0.5, 0.6) is 0 Å². The van der Waals surface area contributed by atoms with Crippen LogP contribution in [-0.2, 0) is 14.3 Å². The van der Waals surface area contributed by atoms with Crippen LogP contribution in [0, 0.1) is 18.8 Å². The lowest BCUT2D eigenvalue weighted by Gasteiger charge is -2.15. The molecule has 1 aromatic rings. The van der Waals surface area contributed by atoms with Crippen molar-refractivity contribution in [1.29, 1.82) is 0 Å². The van der Waals surface area contributed by atoms with Crippen molar-refractivity contribution >= 4 is 17.6 Å². The lowest BCUT2D eigenvalue weighted by atomic mass is 9.99. The number of anilines is 1. The van der Waals surface area contributed by atoms with Crippen molar-refractivity contribution in [2.75, 3.05) is 32.1 Å². The van der Waals surface area contributed by atoms with E-state index in [1.165, 1.54) is 7.11 Å². The van der Waals surface area contributed by atoms with Crippen LogP contribution < -0.4 is 5.32 Å². The first-order chi connectivity index (χ1) is 9.99. The maximum absolute atomic E-state index is 12.0. The van der Waals surface area contributed by atoms with Gasteiger partial charge in [0, 0.05) is 18.8 Å². The predicted octanol–water partition coefficient (Wildman–Crippen LogP) is 1.67. The number of carbonyl (C=O) groups is 2. The molecule has 21 heavy (non-hydrogen) atoms. The third-order valence-corrected chi connectivity index (χ3v) is 3.89. The summed E-state index contributed by atoms with van der Waals surface area (Å²) in [6.45, 7) is 5.63. The highest BCUT2D eigenvalue weighted by Gasteiger charge is 2.36. The standard InChI is InChI=1S/C16H22N2O3/c1-11-4-6-13(7-5-11)17-15(19)10-18-8-12(2)14(9-18)16(20)21-3/h4-7,12,14H,8-10H2,1-3H3,(H,17,19). The number of carbonyl (C=O) groups excluding carboxylic acids is 2. The number of methoxy groups -OCH3 is 1. The first kappa shape index (κ1) is 15.5. The van der Waals surface area contributed by atoms with Gasteiger partial charge in [0.2, 0.25) is 5.91 Å². The number of ether oxygens (including phenoxy) is 1. The topological polar surface area (TPSA) is 58.6 Å². The molecule has 2 atom stereocenters. The molecule has 0 aromatic heterocycles. The molecule has 1 saturated heterocycles. The molecule has 0 saturated carbocycles. The van der Waals surface area contributed by atoms with E-state index in [9.17, 15) is 9.59 Å². The molecule has 1 N–H and O–H groups in total. The highest BCUT2D eigenvalue weighted by Crippen LogP contribution is 2.23. The molecule has 1 aliphatic rings. The number of likely N-dealkylation sites (tertiary alicyclic amines) is 1. The van der Waals surface area contributed by atoms with E-state index in [2.05, 4.69) is 5.32 Å². The van der Waals surface area contributed by atoms with E-state index in [1.807, 2.05) is 43.0 Å². The third kappa shape index (κ3) is 4.04. The van der Waals surface area contributed by atoms with E-state index in [1.54, 1.807) is 0 Å². The molecule has 0 aliphatic carbocycles. The van der Waals surface area contributed by atoms with Crippen LogP contribution in [0.15, 0.2) is 24.3 Å². The lowest BCUT2D eigenvalue weighted by Crippen LogP contribution is -2.32. The Balaban J connectivity index is 1.86. The number of esters is 1. The van der Waals surface area contributed by atoms with Gasteiger partial charge in [0.05, 0.1) is 19.6 Å². The van der Waals surface area contributed by atoms with Crippen LogP contribution in [-0.4, -0.2) is 43.5 Å². The summed E-state index contributed by atoms with van der Waals surface area (Å²) in [4.78, 5) is 25.7. The molecule has 2 rings (SSSR count). The zero-order chi connectivity index (χ0) is 15.4. The molecular weight excluding hydrogens is 268 g/mol. The minimum absolute atomic E-state index is 0.0587. The number of rotatable bonds is 4. The summed E-state index contributed by atoms with van der Waals surface area (Å²) in [6, 6.07) is 7.69. The second-order valence-electron chi connectivity index (χ2n) is 5.72. The molecule has 1 heterocycles. The van der Waals surface area contributed by atoms with Crippen molar-refractivity contribution in [1.82, 2.24) is 4.90 Å². The van der Waals surface area contributed by atoms with Crippen LogP contribution in [0.4, 0.5) is 5.69 Å². The Bertz CT molecular complexity index is 513. The van der Waals surface area contributed by atoms with Crippen LogP contribution in [0.1, 0.15) is 12.5 Å². The van der Waals surface area contributed by atoms with Gasteiger partial charge >= 0.3 is 5.97 Å². The Morgan fingerprint density at radius 3 is 2.57 bits per heavy atom. The highest BCUT2D eigenvalue weighted by atomic mass is 16.5. The molecule has 0 radical (unpaired) electrons. The lowest BCUT2D eigenvalue weighted by molar-refractivity contribution is -0.146. The van der Waals surface area contributed by atoms with E-state index in [4.69, 9.17) is 4.74 Å². The zero-order valence-corrected chi connectivity index (χ0v) is 12.8. The Hall–Kier alpha value is -1.88. The van der Waals surface area contributed by atoms with Gasteiger partial charge in [-0.3, -0.25) is 14.5 Å². The third-order valence-electron chi connectivity index (χ3n) is 3.89. The van der Waals surface area contributed by atoms with E-state index in [0.29, 0.717) is 13.1 Å². The quantitative estimate of drug-likeness (QED) is 0.857. The highest BCUT2D eigenvalue weighted by molar-refractivity contribution is 5.92. The summed E-state index contributed by atoms with van der Waals surface area (Å²) in [5, 5.41) is 2.87. The molecule has 0 spiro atoms. The maximum atomic E-state index is 12.0. The number of nitrogens with one attached hydrogen (secondary N) is 1. The van der Waals surface area contributed by atoms with Crippen molar-refractivity contribution in [2.45, 2.75) is 13.8 Å². The number of hydrogen-bond acceptors (Lipinski definition) is 4. The average Bonchev–Trinajstić information content (AvgIpc) is 2.81. The minimum Gasteiger partial charge on any atom is -0.469 e. The van der Waals surface area contributed by atoms with E-state index < -0.39 is 0 Å². The van der Waals surface area contributed by atoms with E-state index in [0.717, 1.165) is 17.8 Å². The Kier molecular flexibility index (Phi) is 4.96. The van der Waals surface area contributed by atoms with Crippen molar-refractivity contribution in [2.24, 2.45) is 11.8 Å². The summed E-state index contributed by atoms with van der Waals surface area (Å²) in [6.07, 6.45) is 0. The van der Waals surface area contributed by atoms with Gasteiger partial charge < -0.3 is 10.1 Å². The summed E-state index contributed by atoms with van der Waals surface area (Å²) in [5.74, 6) is -0.174. The van der Waals surface area contributed by atoms with Crippen LogP contribution >= 0.6 is 0 Å². The fourth-order valence-corrected chi connectivity index (χ4v) is 2.69. The van der Waals surface area contributed by atoms with Gasteiger partial charge in [-0.2, -0.15) is 0 Å². The molecule has 1 aromatic carbocycles. The Morgan fingerprint density at radius 2 is 1.95 bits per heavy atom. The van der Waals surface area contributed by atoms with E-state index in [-0.39, 0.29) is 23.7 Å². The van der Waals surface area contributed by atoms with Gasteiger partial charge in [-0.05, 0) is 25.0 Å². The Labute approximate surface area is 125 Å². The molecule has 2 unspecified atom stereocenters. The fraction of sp³-hybridized carbons (Fsp3) is 0.500. The summed E-state index contributed by atoms with van der Waals surface area (Å²) < 4.78 is 4.80. The average molecular weight is 290 g/mol. The zero-order valence-electron chi connectivity index (χ0n) is 12.8. The monoisotopic (exact) mass is 290 g/mol. The SMILES string of the molecule is COC(=O)C1CN(CC(=O)Nc2ccc(C)cc2)CC1C. The van der Waals surface area contributed by atoms with Crippen molar-refractivity contribution in [3.8, 4) is 0 Å². The smallest absolute Gasteiger partial charge is 0.310 e. The van der Waals surface area contributed by atoms with Gasteiger partial charge in [-0.25, -0.2) is 0 Å². The number of hydrogen-bond donors (Lipinski definition) is 1. The van der Waals surface area contributed by atoms with Crippen LogP contribution in [0.25, 0.3) is 0 Å². The summed E-state index contributed by atoms with van der Waals surface area (Å²) >= 11 is 0. The second kappa shape index (κ2) is 6.72. The number of amides is 1. The normalized spacial score (nSPS) is 22.0. The summed E-state index contributed by atoms with van der Waals surface area (Å²) in [7, 11) is 1.40.